The molecule has 2 aromatic rings. The summed E-state index contributed by atoms with van der Waals surface area (Å²) in [7, 11) is 0. The van der Waals surface area contributed by atoms with Gasteiger partial charge in [-0.05, 0) is 48.6 Å². The van der Waals surface area contributed by atoms with Crippen molar-refractivity contribution >= 4 is 17.5 Å². The first kappa shape index (κ1) is 17.1. The molecule has 1 aromatic carbocycles. The van der Waals surface area contributed by atoms with Gasteiger partial charge in [0.1, 0.15) is 0 Å². The number of pyridine rings is 1. The van der Waals surface area contributed by atoms with Gasteiger partial charge in [0.25, 0.3) is 5.91 Å². The summed E-state index contributed by atoms with van der Waals surface area (Å²) < 4.78 is 0. The van der Waals surface area contributed by atoms with E-state index in [9.17, 15) is 9.59 Å². The number of anilines is 1. The third-order valence-corrected chi connectivity index (χ3v) is 4.57. The molecule has 5 nitrogen and oxygen atoms in total. The first-order valence-electron chi connectivity index (χ1n) is 8.78. The summed E-state index contributed by atoms with van der Waals surface area (Å²) in [5, 5.41) is 5.80. The van der Waals surface area contributed by atoms with Crippen molar-refractivity contribution < 1.29 is 9.59 Å². The highest BCUT2D eigenvalue weighted by molar-refractivity contribution is 6.04. The van der Waals surface area contributed by atoms with Gasteiger partial charge in [0.05, 0.1) is 0 Å². The maximum atomic E-state index is 12.3. The lowest BCUT2D eigenvalue weighted by molar-refractivity contribution is -0.122. The zero-order valence-corrected chi connectivity index (χ0v) is 14.2. The van der Waals surface area contributed by atoms with E-state index in [1.165, 1.54) is 12.8 Å². The summed E-state index contributed by atoms with van der Waals surface area (Å²) in [6, 6.07) is 10.8. The molecule has 0 spiro atoms. The lowest BCUT2D eigenvalue weighted by Crippen LogP contribution is -2.24. The topological polar surface area (TPSA) is 71.1 Å². The van der Waals surface area contributed by atoms with E-state index in [4.69, 9.17) is 0 Å². The van der Waals surface area contributed by atoms with Crippen LogP contribution in [0, 0.1) is 5.92 Å². The number of amides is 2. The zero-order chi connectivity index (χ0) is 17.5. The van der Waals surface area contributed by atoms with Gasteiger partial charge in [0, 0.05) is 36.6 Å². The maximum Gasteiger partial charge on any atom is 0.255 e. The van der Waals surface area contributed by atoms with Gasteiger partial charge in [-0.2, -0.15) is 0 Å². The lowest BCUT2D eigenvalue weighted by Gasteiger charge is -2.10. The molecule has 1 aliphatic rings. The van der Waals surface area contributed by atoms with E-state index in [0.29, 0.717) is 30.1 Å². The second kappa shape index (κ2) is 8.42. The highest BCUT2D eigenvalue weighted by Gasteiger charge is 2.18. The SMILES string of the molecule is O=C(CC1CCCC1)NCc1cccc(C(=O)Nc2ccncc2)c1. The molecule has 25 heavy (non-hydrogen) atoms. The molecular weight excluding hydrogens is 314 g/mol. The van der Waals surface area contributed by atoms with Crippen LogP contribution in [0.15, 0.2) is 48.8 Å². The van der Waals surface area contributed by atoms with Crippen molar-refractivity contribution in [2.24, 2.45) is 5.92 Å². The Bertz CT molecular complexity index is 725. The Hall–Kier alpha value is -2.69. The first-order chi connectivity index (χ1) is 12.2. The molecule has 1 heterocycles. The van der Waals surface area contributed by atoms with Crippen LogP contribution < -0.4 is 10.6 Å². The molecule has 130 valence electrons. The Morgan fingerprint density at radius 3 is 2.60 bits per heavy atom. The van der Waals surface area contributed by atoms with Crippen LogP contribution in [-0.2, 0) is 11.3 Å². The van der Waals surface area contributed by atoms with Crippen LogP contribution in [0.25, 0.3) is 0 Å². The smallest absolute Gasteiger partial charge is 0.255 e. The second-order valence-corrected chi connectivity index (χ2v) is 6.52. The Balaban J connectivity index is 1.53. The van der Waals surface area contributed by atoms with Crippen molar-refractivity contribution in [3.8, 4) is 0 Å². The summed E-state index contributed by atoms with van der Waals surface area (Å²) in [5.41, 5.74) is 2.19. The highest BCUT2D eigenvalue weighted by Crippen LogP contribution is 2.27. The molecule has 0 atom stereocenters. The van der Waals surface area contributed by atoms with Crippen LogP contribution in [0.3, 0.4) is 0 Å². The number of hydrogen-bond donors (Lipinski definition) is 2. The predicted molar refractivity (Wildman–Crippen MR) is 97.1 cm³/mol. The molecule has 1 aliphatic carbocycles. The molecule has 0 radical (unpaired) electrons. The van der Waals surface area contributed by atoms with Crippen LogP contribution >= 0.6 is 0 Å². The fourth-order valence-corrected chi connectivity index (χ4v) is 3.21. The van der Waals surface area contributed by atoms with Crippen molar-refractivity contribution in [2.75, 3.05) is 5.32 Å². The summed E-state index contributed by atoms with van der Waals surface area (Å²) >= 11 is 0. The van der Waals surface area contributed by atoms with Crippen molar-refractivity contribution in [2.45, 2.75) is 38.6 Å². The van der Waals surface area contributed by atoms with Gasteiger partial charge in [-0.15, -0.1) is 0 Å². The van der Waals surface area contributed by atoms with E-state index in [2.05, 4.69) is 15.6 Å². The Labute approximate surface area is 147 Å². The van der Waals surface area contributed by atoms with Gasteiger partial charge in [-0.25, -0.2) is 0 Å². The normalized spacial score (nSPS) is 14.2. The molecule has 3 rings (SSSR count). The zero-order valence-electron chi connectivity index (χ0n) is 14.2. The van der Waals surface area contributed by atoms with Gasteiger partial charge in [0.15, 0.2) is 0 Å². The number of carbonyl (C=O) groups excluding carboxylic acids is 2. The third-order valence-electron chi connectivity index (χ3n) is 4.57. The van der Waals surface area contributed by atoms with Crippen molar-refractivity contribution in [3.63, 3.8) is 0 Å². The van der Waals surface area contributed by atoms with Crippen molar-refractivity contribution in [1.82, 2.24) is 10.3 Å². The standard InChI is InChI=1S/C20H23N3O2/c24-19(13-15-4-1-2-5-15)22-14-16-6-3-7-17(12-16)20(25)23-18-8-10-21-11-9-18/h3,6-12,15H,1-2,4-5,13-14H2,(H,22,24)(H,21,23,25). The largest absolute Gasteiger partial charge is 0.352 e. The van der Waals surface area contributed by atoms with Crippen molar-refractivity contribution in [1.29, 1.82) is 0 Å². The molecule has 2 amide bonds. The van der Waals surface area contributed by atoms with E-state index in [1.807, 2.05) is 18.2 Å². The van der Waals surface area contributed by atoms with Gasteiger partial charge in [-0.1, -0.05) is 25.0 Å². The van der Waals surface area contributed by atoms with E-state index >= 15 is 0 Å². The summed E-state index contributed by atoms with van der Waals surface area (Å²) in [6.07, 6.45) is 8.69. The van der Waals surface area contributed by atoms with Crippen LogP contribution in [0.1, 0.15) is 48.0 Å². The molecule has 5 heteroatoms. The summed E-state index contributed by atoms with van der Waals surface area (Å²) in [4.78, 5) is 28.3. The quantitative estimate of drug-likeness (QED) is 0.847. The first-order valence-corrected chi connectivity index (χ1v) is 8.78. The highest BCUT2D eigenvalue weighted by atomic mass is 16.2. The van der Waals surface area contributed by atoms with Crippen LogP contribution in [0.5, 0.6) is 0 Å². The van der Waals surface area contributed by atoms with E-state index in [1.54, 1.807) is 30.6 Å². The van der Waals surface area contributed by atoms with Gasteiger partial charge in [0.2, 0.25) is 5.91 Å². The second-order valence-electron chi connectivity index (χ2n) is 6.52. The number of benzene rings is 1. The minimum Gasteiger partial charge on any atom is -0.352 e. The predicted octanol–water partition coefficient (Wildman–Crippen LogP) is 3.53. The number of nitrogens with one attached hydrogen (secondary N) is 2. The average molecular weight is 337 g/mol. The molecule has 1 saturated carbocycles. The summed E-state index contributed by atoms with van der Waals surface area (Å²) in [5.74, 6) is 0.460. The van der Waals surface area contributed by atoms with Gasteiger partial charge >= 0.3 is 0 Å². The maximum absolute atomic E-state index is 12.3. The molecule has 0 saturated heterocycles. The monoisotopic (exact) mass is 337 g/mol. The fourth-order valence-electron chi connectivity index (χ4n) is 3.21. The number of aromatic nitrogens is 1. The average Bonchev–Trinajstić information content (AvgIpc) is 3.14. The van der Waals surface area contributed by atoms with E-state index in [-0.39, 0.29) is 11.8 Å². The van der Waals surface area contributed by atoms with E-state index < -0.39 is 0 Å². The summed E-state index contributed by atoms with van der Waals surface area (Å²) in [6.45, 7) is 0.446. The fraction of sp³-hybridized carbons (Fsp3) is 0.350. The van der Waals surface area contributed by atoms with Crippen LogP contribution in [0.2, 0.25) is 0 Å². The Morgan fingerprint density at radius 2 is 1.84 bits per heavy atom. The number of rotatable bonds is 6. The van der Waals surface area contributed by atoms with Crippen molar-refractivity contribution in [3.05, 3.63) is 59.9 Å². The number of carbonyl (C=O) groups is 2. The number of nitrogens with zero attached hydrogens (tertiary/aromatic N) is 1. The third kappa shape index (κ3) is 5.14. The molecule has 0 aliphatic heterocycles. The minimum atomic E-state index is -0.176. The minimum absolute atomic E-state index is 0.0959. The van der Waals surface area contributed by atoms with Crippen LogP contribution in [0.4, 0.5) is 5.69 Å². The van der Waals surface area contributed by atoms with Crippen LogP contribution in [-0.4, -0.2) is 16.8 Å². The molecule has 1 fully saturated rings. The van der Waals surface area contributed by atoms with Gasteiger partial charge < -0.3 is 10.6 Å². The molecule has 0 unspecified atom stereocenters. The number of hydrogen-bond acceptors (Lipinski definition) is 3. The molecule has 0 bridgehead atoms. The Kier molecular flexibility index (Phi) is 5.77. The lowest BCUT2D eigenvalue weighted by atomic mass is 10.0. The molecule has 1 aromatic heterocycles. The van der Waals surface area contributed by atoms with E-state index in [0.717, 1.165) is 18.4 Å². The molecule has 2 N–H and O–H groups in total. The Morgan fingerprint density at radius 1 is 1.08 bits per heavy atom. The van der Waals surface area contributed by atoms with Gasteiger partial charge in [-0.3, -0.25) is 14.6 Å². The molecular formula is C20H23N3O2.